The van der Waals surface area contributed by atoms with Gasteiger partial charge in [0.1, 0.15) is 5.82 Å². The van der Waals surface area contributed by atoms with Gasteiger partial charge in [-0.05, 0) is 42.8 Å². The van der Waals surface area contributed by atoms with E-state index in [1.165, 1.54) is 18.2 Å². The Morgan fingerprint density at radius 3 is 2.75 bits per heavy atom. The molecule has 0 unspecified atom stereocenters. The fraction of sp³-hybridized carbons (Fsp3) is 0.133. The highest BCUT2D eigenvalue weighted by Crippen LogP contribution is 2.21. The molecule has 2 aromatic carbocycles. The third-order valence-electron chi connectivity index (χ3n) is 2.85. The lowest BCUT2D eigenvalue weighted by molar-refractivity contribution is 0.102. The monoisotopic (exact) mass is 292 g/mol. The molecule has 0 aromatic heterocycles. The van der Waals surface area contributed by atoms with Gasteiger partial charge < -0.3 is 11.1 Å². The first-order valence-corrected chi connectivity index (χ1v) is 6.54. The van der Waals surface area contributed by atoms with Gasteiger partial charge in [-0.3, -0.25) is 4.79 Å². The van der Waals surface area contributed by atoms with E-state index in [0.717, 1.165) is 5.56 Å². The van der Waals surface area contributed by atoms with Gasteiger partial charge >= 0.3 is 0 Å². The number of nitrogens with two attached hydrogens (primary N) is 1. The summed E-state index contributed by atoms with van der Waals surface area (Å²) in [5, 5.41) is 2.89. The van der Waals surface area contributed by atoms with Gasteiger partial charge in [0.2, 0.25) is 0 Å². The van der Waals surface area contributed by atoms with Crippen molar-refractivity contribution >= 4 is 23.2 Å². The van der Waals surface area contributed by atoms with Crippen LogP contribution in [0.15, 0.2) is 42.5 Å². The SMILES string of the molecule is NCCc1ccccc1C(=O)Nc1cc(Cl)ccc1F. The molecule has 1 amide bonds. The molecule has 5 heteroatoms. The number of carbonyl (C=O) groups excluding carboxylic acids is 1. The number of amides is 1. The van der Waals surface area contributed by atoms with Gasteiger partial charge in [0.05, 0.1) is 5.69 Å². The molecule has 0 bridgehead atoms. The quantitative estimate of drug-likeness (QED) is 0.909. The number of hydrogen-bond donors (Lipinski definition) is 2. The van der Waals surface area contributed by atoms with Crippen LogP contribution in [-0.4, -0.2) is 12.5 Å². The normalized spacial score (nSPS) is 10.3. The van der Waals surface area contributed by atoms with Crippen LogP contribution in [0, 0.1) is 5.82 Å². The van der Waals surface area contributed by atoms with Crippen molar-refractivity contribution in [3.8, 4) is 0 Å². The van der Waals surface area contributed by atoms with E-state index in [0.29, 0.717) is 23.6 Å². The zero-order chi connectivity index (χ0) is 14.5. The third-order valence-corrected chi connectivity index (χ3v) is 3.09. The van der Waals surface area contributed by atoms with Crippen LogP contribution in [0.2, 0.25) is 5.02 Å². The second kappa shape index (κ2) is 6.50. The second-order valence-electron chi connectivity index (χ2n) is 4.27. The van der Waals surface area contributed by atoms with Crippen LogP contribution in [-0.2, 0) is 6.42 Å². The van der Waals surface area contributed by atoms with E-state index >= 15 is 0 Å². The number of hydrogen-bond acceptors (Lipinski definition) is 2. The average Bonchev–Trinajstić information content (AvgIpc) is 2.44. The van der Waals surface area contributed by atoms with Crippen molar-refractivity contribution < 1.29 is 9.18 Å². The van der Waals surface area contributed by atoms with Gasteiger partial charge in [-0.2, -0.15) is 0 Å². The van der Waals surface area contributed by atoms with Gasteiger partial charge in [0.25, 0.3) is 5.91 Å². The Morgan fingerprint density at radius 2 is 2.00 bits per heavy atom. The average molecular weight is 293 g/mol. The van der Waals surface area contributed by atoms with Crippen molar-refractivity contribution in [3.63, 3.8) is 0 Å². The number of rotatable bonds is 4. The van der Waals surface area contributed by atoms with Crippen LogP contribution in [0.5, 0.6) is 0 Å². The van der Waals surface area contributed by atoms with E-state index < -0.39 is 5.82 Å². The number of anilines is 1. The summed E-state index contributed by atoms with van der Waals surface area (Å²) in [6.07, 6.45) is 0.585. The molecular weight excluding hydrogens is 279 g/mol. The van der Waals surface area contributed by atoms with Crippen molar-refractivity contribution in [3.05, 3.63) is 64.4 Å². The maximum atomic E-state index is 13.6. The molecule has 0 radical (unpaired) electrons. The summed E-state index contributed by atoms with van der Waals surface area (Å²) in [6.45, 7) is 0.440. The highest BCUT2D eigenvalue weighted by Gasteiger charge is 2.13. The molecule has 0 aliphatic heterocycles. The smallest absolute Gasteiger partial charge is 0.256 e. The number of halogens is 2. The number of benzene rings is 2. The minimum Gasteiger partial charge on any atom is -0.330 e. The maximum absolute atomic E-state index is 13.6. The molecule has 2 aromatic rings. The molecule has 2 rings (SSSR count). The molecule has 104 valence electrons. The van der Waals surface area contributed by atoms with E-state index in [4.69, 9.17) is 17.3 Å². The van der Waals surface area contributed by atoms with E-state index in [-0.39, 0.29) is 11.6 Å². The Balaban J connectivity index is 2.26. The van der Waals surface area contributed by atoms with Crippen molar-refractivity contribution in [2.45, 2.75) is 6.42 Å². The van der Waals surface area contributed by atoms with E-state index in [1.54, 1.807) is 12.1 Å². The Morgan fingerprint density at radius 1 is 1.25 bits per heavy atom. The molecule has 0 aliphatic carbocycles. The summed E-state index contributed by atoms with van der Waals surface area (Å²) in [7, 11) is 0. The second-order valence-corrected chi connectivity index (χ2v) is 4.71. The summed E-state index contributed by atoms with van der Waals surface area (Å²) in [5.74, 6) is -0.908. The predicted octanol–water partition coefficient (Wildman–Crippen LogP) is 3.23. The highest BCUT2D eigenvalue weighted by molar-refractivity contribution is 6.31. The fourth-order valence-corrected chi connectivity index (χ4v) is 2.07. The van der Waals surface area contributed by atoms with Crippen molar-refractivity contribution in [2.24, 2.45) is 5.73 Å². The van der Waals surface area contributed by atoms with Crippen LogP contribution < -0.4 is 11.1 Å². The summed E-state index contributed by atoms with van der Waals surface area (Å²) in [4.78, 5) is 12.2. The Hall–Kier alpha value is -1.91. The molecule has 3 nitrogen and oxygen atoms in total. The Labute approximate surface area is 121 Å². The van der Waals surface area contributed by atoms with Gasteiger partial charge in [0.15, 0.2) is 0 Å². The minimum absolute atomic E-state index is 0.0602. The van der Waals surface area contributed by atoms with Gasteiger partial charge in [0, 0.05) is 10.6 Å². The standard InChI is InChI=1S/C15H14ClFN2O/c16-11-5-6-13(17)14(9-11)19-15(20)12-4-2-1-3-10(12)7-8-18/h1-6,9H,7-8,18H2,(H,19,20). The van der Waals surface area contributed by atoms with Crippen LogP contribution in [0.3, 0.4) is 0 Å². The zero-order valence-corrected chi connectivity index (χ0v) is 11.5. The molecule has 20 heavy (non-hydrogen) atoms. The van der Waals surface area contributed by atoms with E-state index in [1.807, 2.05) is 12.1 Å². The minimum atomic E-state index is -0.529. The first-order valence-electron chi connectivity index (χ1n) is 6.16. The molecule has 3 N–H and O–H groups in total. The van der Waals surface area contributed by atoms with Crippen molar-refractivity contribution in [1.82, 2.24) is 0 Å². The van der Waals surface area contributed by atoms with E-state index in [2.05, 4.69) is 5.32 Å². The topological polar surface area (TPSA) is 55.1 Å². The van der Waals surface area contributed by atoms with Crippen molar-refractivity contribution in [2.75, 3.05) is 11.9 Å². The van der Waals surface area contributed by atoms with Gasteiger partial charge in [-0.1, -0.05) is 29.8 Å². The molecule has 0 saturated heterocycles. The molecular formula is C15H14ClFN2O. The summed E-state index contributed by atoms with van der Waals surface area (Å²) in [5.41, 5.74) is 6.89. The summed E-state index contributed by atoms with van der Waals surface area (Å²) in [6, 6.07) is 11.1. The van der Waals surface area contributed by atoms with E-state index in [9.17, 15) is 9.18 Å². The van der Waals surface area contributed by atoms with Crippen LogP contribution in [0.25, 0.3) is 0 Å². The summed E-state index contributed by atoms with van der Waals surface area (Å²) >= 11 is 5.79. The molecule has 0 atom stereocenters. The van der Waals surface area contributed by atoms with Gasteiger partial charge in [-0.25, -0.2) is 4.39 Å². The van der Waals surface area contributed by atoms with Crippen LogP contribution in [0.4, 0.5) is 10.1 Å². The molecule has 0 spiro atoms. The fourth-order valence-electron chi connectivity index (χ4n) is 1.90. The lowest BCUT2D eigenvalue weighted by Gasteiger charge is -2.10. The molecule has 0 fully saturated rings. The summed E-state index contributed by atoms with van der Waals surface area (Å²) < 4.78 is 13.6. The third kappa shape index (κ3) is 3.35. The Kier molecular flexibility index (Phi) is 4.71. The largest absolute Gasteiger partial charge is 0.330 e. The van der Waals surface area contributed by atoms with Crippen LogP contribution in [0.1, 0.15) is 15.9 Å². The number of nitrogens with one attached hydrogen (secondary N) is 1. The lowest BCUT2D eigenvalue weighted by Crippen LogP contribution is -2.16. The lowest BCUT2D eigenvalue weighted by atomic mass is 10.0. The molecule has 0 heterocycles. The first kappa shape index (κ1) is 14.5. The maximum Gasteiger partial charge on any atom is 0.256 e. The van der Waals surface area contributed by atoms with Crippen molar-refractivity contribution in [1.29, 1.82) is 0 Å². The predicted molar refractivity (Wildman–Crippen MR) is 78.6 cm³/mol. The Bertz CT molecular complexity index is 631. The molecule has 0 saturated carbocycles. The highest BCUT2D eigenvalue weighted by atomic mass is 35.5. The van der Waals surface area contributed by atoms with Crippen LogP contribution >= 0.6 is 11.6 Å². The zero-order valence-electron chi connectivity index (χ0n) is 10.7. The van der Waals surface area contributed by atoms with Gasteiger partial charge in [-0.15, -0.1) is 0 Å². The number of carbonyl (C=O) groups is 1. The first-order chi connectivity index (χ1) is 9.61. The molecule has 0 aliphatic rings.